The zero-order valence-corrected chi connectivity index (χ0v) is 14.6. The van der Waals surface area contributed by atoms with Gasteiger partial charge in [-0.1, -0.05) is 0 Å². The number of hydrogen-bond acceptors (Lipinski definition) is 7. The van der Waals surface area contributed by atoms with Crippen molar-refractivity contribution in [3.63, 3.8) is 0 Å². The molecule has 0 aliphatic carbocycles. The van der Waals surface area contributed by atoms with Crippen LogP contribution in [0, 0.1) is 13.8 Å². The van der Waals surface area contributed by atoms with E-state index in [9.17, 15) is 0 Å². The average Bonchev–Trinajstić information content (AvgIpc) is 3.15. The van der Waals surface area contributed by atoms with Crippen LogP contribution >= 0.6 is 11.3 Å². The van der Waals surface area contributed by atoms with E-state index in [0.717, 1.165) is 48.4 Å². The van der Waals surface area contributed by atoms with Crippen molar-refractivity contribution in [2.24, 2.45) is 0 Å². The predicted octanol–water partition coefficient (Wildman–Crippen LogP) is 2.81. The molecule has 2 aromatic rings. The normalized spacial score (nSPS) is 17.6. The molecule has 0 saturated carbocycles. The first-order valence-electron chi connectivity index (χ1n) is 7.77. The van der Waals surface area contributed by atoms with Crippen LogP contribution < -0.4 is 5.32 Å². The number of methoxy groups -OCH3 is 1. The Labute approximate surface area is 140 Å². The summed E-state index contributed by atoms with van der Waals surface area (Å²) in [7, 11) is 1.66. The summed E-state index contributed by atoms with van der Waals surface area (Å²) in [6.07, 6.45) is 1.01. The highest BCUT2D eigenvalue weighted by Crippen LogP contribution is 2.26. The van der Waals surface area contributed by atoms with Crippen LogP contribution in [0.4, 0.5) is 5.82 Å². The van der Waals surface area contributed by atoms with Crippen molar-refractivity contribution in [2.75, 3.05) is 25.6 Å². The van der Waals surface area contributed by atoms with Gasteiger partial charge in [0, 0.05) is 30.6 Å². The molecule has 1 aliphatic heterocycles. The van der Waals surface area contributed by atoms with Crippen LogP contribution in [0.25, 0.3) is 0 Å². The molecule has 0 aromatic carbocycles. The van der Waals surface area contributed by atoms with Gasteiger partial charge in [0.25, 0.3) is 0 Å². The first kappa shape index (κ1) is 16.3. The minimum absolute atomic E-state index is 0.349. The third-order valence-electron chi connectivity index (χ3n) is 3.84. The largest absolute Gasteiger partial charge is 0.381 e. The number of aryl methyl sites for hydroxylation is 2. The molecule has 7 heteroatoms. The summed E-state index contributed by atoms with van der Waals surface area (Å²) in [5, 5.41) is 4.49. The summed E-state index contributed by atoms with van der Waals surface area (Å²) in [6, 6.07) is 2.03. The topological polar surface area (TPSA) is 69.2 Å². The Morgan fingerprint density at radius 2 is 2.22 bits per heavy atom. The molecule has 1 saturated heterocycles. The maximum atomic E-state index is 5.48. The van der Waals surface area contributed by atoms with Crippen LogP contribution in [0.15, 0.2) is 6.07 Å². The van der Waals surface area contributed by atoms with E-state index in [0.29, 0.717) is 18.3 Å². The Morgan fingerprint density at radius 1 is 1.35 bits per heavy atom. The molecule has 3 heterocycles. The number of ether oxygens (including phenoxy) is 2. The third kappa shape index (κ3) is 4.04. The molecule has 3 rings (SSSR count). The molecule has 1 fully saturated rings. The predicted molar refractivity (Wildman–Crippen MR) is 89.8 cm³/mol. The van der Waals surface area contributed by atoms with Crippen LogP contribution in [0.3, 0.4) is 0 Å². The van der Waals surface area contributed by atoms with Crippen molar-refractivity contribution in [2.45, 2.75) is 39.3 Å². The highest BCUT2D eigenvalue weighted by Gasteiger charge is 2.20. The van der Waals surface area contributed by atoms with Gasteiger partial charge in [-0.3, -0.25) is 0 Å². The van der Waals surface area contributed by atoms with Gasteiger partial charge in [-0.2, -0.15) is 0 Å². The molecule has 0 radical (unpaired) electrons. The standard InChI is InChI=1S/C16H22N4O2S/c1-10-14(23-11(2)18-10)7-17-15-6-13(12-4-5-22-8-12)19-16(20-15)9-21-3/h6,12H,4-5,7-9H2,1-3H3,(H,17,19,20). The van der Waals surface area contributed by atoms with E-state index in [4.69, 9.17) is 9.47 Å². The molecule has 0 bridgehead atoms. The summed E-state index contributed by atoms with van der Waals surface area (Å²) in [5.74, 6) is 1.89. The molecule has 2 aromatic heterocycles. The summed E-state index contributed by atoms with van der Waals surface area (Å²) >= 11 is 1.72. The summed E-state index contributed by atoms with van der Waals surface area (Å²) in [5.41, 5.74) is 2.11. The Balaban J connectivity index is 1.78. The second kappa shape index (κ2) is 7.33. The number of aromatic nitrogens is 3. The van der Waals surface area contributed by atoms with Gasteiger partial charge < -0.3 is 14.8 Å². The van der Waals surface area contributed by atoms with E-state index in [1.165, 1.54) is 4.88 Å². The van der Waals surface area contributed by atoms with Crippen molar-refractivity contribution in [3.05, 3.63) is 33.2 Å². The molecule has 124 valence electrons. The van der Waals surface area contributed by atoms with Gasteiger partial charge in [0.05, 0.1) is 29.5 Å². The van der Waals surface area contributed by atoms with Crippen LogP contribution in [-0.4, -0.2) is 35.3 Å². The SMILES string of the molecule is COCc1nc(NCc2sc(C)nc2C)cc(C2CCOC2)n1. The lowest BCUT2D eigenvalue weighted by molar-refractivity contribution is 0.177. The van der Waals surface area contributed by atoms with E-state index in [1.54, 1.807) is 18.4 Å². The van der Waals surface area contributed by atoms with E-state index < -0.39 is 0 Å². The second-order valence-corrected chi connectivity index (χ2v) is 6.97. The first-order valence-corrected chi connectivity index (χ1v) is 8.58. The highest BCUT2D eigenvalue weighted by molar-refractivity contribution is 7.11. The van der Waals surface area contributed by atoms with Gasteiger partial charge in [0.2, 0.25) is 0 Å². The summed E-state index contributed by atoms with van der Waals surface area (Å²) in [6.45, 7) is 6.74. The quantitative estimate of drug-likeness (QED) is 0.876. The van der Waals surface area contributed by atoms with E-state index in [2.05, 4.69) is 20.3 Å². The van der Waals surface area contributed by atoms with Crippen molar-refractivity contribution < 1.29 is 9.47 Å². The Kier molecular flexibility index (Phi) is 5.20. The molecule has 0 spiro atoms. The maximum absolute atomic E-state index is 5.48. The van der Waals surface area contributed by atoms with Gasteiger partial charge in [0.1, 0.15) is 12.4 Å². The zero-order valence-electron chi connectivity index (χ0n) is 13.8. The number of anilines is 1. The number of nitrogens with zero attached hydrogens (tertiary/aromatic N) is 3. The molecule has 1 N–H and O–H groups in total. The van der Waals surface area contributed by atoms with E-state index in [-0.39, 0.29) is 0 Å². The Bertz CT molecular complexity index is 668. The van der Waals surface area contributed by atoms with Gasteiger partial charge in [0.15, 0.2) is 5.82 Å². The van der Waals surface area contributed by atoms with E-state index >= 15 is 0 Å². The van der Waals surface area contributed by atoms with Crippen molar-refractivity contribution in [1.29, 1.82) is 0 Å². The average molecular weight is 334 g/mol. The number of nitrogens with one attached hydrogen (secondary N) is 1. The van der Waals surface area contributed by atoms with Crippen LogP contribution in [-0.2, 0) is 22.6 Å². The summed E-state index contributed by atoms with van der Waals surface area (Å²) in [4.78, 5) is 14.9. The lowest BCUT2D eigenvalue weighted by Crippen LogP contribution is -2.10. The molecule has 6 nitrogen and oxygen atoms in total. The highest BCUT2D eigenvalue weighted by atomic mass is 32.1. The lowest BCUT2D eigenvalue weighted by Gasteiger charge is -2.12. The fourth-order valence-corrected chi connectivity index (χ4v) is 3.56. The van der Waals surface area contributed by atoms with Crippen LogP contribution in [0.5, 0.6) is 0 Å². The maximum Gasteiger partial charge on any atom is 0.156 e. The molecule has 1 aliphatic rings. The monoisotopic (exact) mass is 334 g/mol. The van der Waals surface area contributed by atoms with Crippen LogP contribution in [0.1, 0.15) is 39.4 Å². The lowest BCUT2D eigenvalue weighted by atomic mass is 10.0. The molecule has 1 atom stereocenters. The molecule has 23 heavy (non-hydrogen) atoms. The zero-order chi connectivity index (χ0) is 16.2. The minimum atomic E-state index is 0.349. The number of rotatable bonds is 6. The number of thiazole rings is 1. The third-order valence-corrected chi connectivity index (χ3v) is 4.92. The van der Waals surface area contributed by atoms with Crippen molar-refractivity contribution in [1.82, 2.24) is 15.0 Å². The van der Waals surface area contributed by atoms with Crippen molar-refractivity contribution >= 4 is 17.2 Å². The Hall–Kier alpha value is -1.57. The molecule has 0 amide bonds. The Morgan fingerprint density at radius 3 is 2.87 bits per heavy atom. The van der Waals surface area contributed by atoms with Crippen LogP contribution in [0.2, 0.25) is 0 Å². The fourth-order valence-electron chi connectivity index (χ4n) is 2.69. The summed E-state index contributed by atoms with van der Waals surface area (Å²) < 4.78 is 10.7. The van der Waals surface area contributed by atoms with Gasteiger partial charge in [-0.15, -0.1) is 11.3 Å². The second-order valence-electron chi connectivity index (χ2n) is 5.68. The smallest absolute Gasteiger partial charge is 0.156 e. The molecular weight excluding hydrogens is 312 g/mol. The molecular formula is C16H22N4O2S. The van der Waals surface area contributed by atoms with E-state index in [1.807, 2.05) is 19.9 Å². The fraction of sp³-hybridized carbons (Fsp3) is 0.562. The van der Waals surface area contributed by atoms with Crippen molar-refractivity contribution in [3.8, 4) is 0 Å². The van der Waals surface area contributed by atoms with Gasteiger partial charge >= 0.3 is 0 Å². The number of hydrogen-bond donors (Lipinski definition) is 1. The van der Waals surface area contributed by atoms with Gasteiger partial charge in [-0.05, 0) is 20.3 Å². The van der Waals surface area contributed by atoms with Gasteiger partial charge in [-0.25, -0.2) is 15.0 Å². The molecule has 1 unspecified atom stereocenters. The minimum Gasteiger partial charge on any atom is -0.381 e. The first-order chi connectivity index (χ1) is 11.2.